The number of benzene rings is 1. The Balaban J connectivity index is 1.94. The fourth-order valence-corrected chi connectivity index (χ4v) is 2.78. The van der Waals surface area contributed by atoms with Crippen LogP contribution in [0.4, 0.5) is 0 Å². The van der Waals surface area contributed by atoms with E-state index in [2.05, 4.69) is 5.16 Å². The molecule has 2 heterocycles. The fourth-order valence-electron chi connectivity index (χ4n) is 2.78. The van der Waals surface area contributed by atoms with Crippen LogP contribution in [0.2, 0.25) is 0 Å². The topological polar surface area (TPSA) is 82.5 Å². The Morgan fingerprint density at radius 1 is 1.24 bits per heavy atom. The SMILES string of the molecule is CCc1noc(C)c1C(=O)OCc1cc(=O)oc2c(C)c(C)ccc12. The molecule has 0 saturated heterocycles. The number of nitrogens with zero attached hydrogens (tertiary/aromatic N) is 1. The molecule has 0 aliphatic heterocycles. The Morgan fingerprint density at radius 3 is 2.72 bits per heavy atom. The number of rotatable bonds is 4. The van der Waals surface area contributed by atoms with Crippen LogP contribution in [-0.4, -0.2) is 11.1 Å². The molecule has 2 aromatic heterocycles. The molecule has 6 nitrogen and oxygen atoms in total. The molecular formula is C19H19NO5. The molecule has 0 saturated carbocycles. The highest BCUT2D eigenvalue weighted by molar-refractivity contribution is 5.92. The number of hydrogen-bond acceptors (Lipinski definition) is 6. The van der Waals surface area contributed by atoms with Gasteiger partial charge in [0, 0.05) is 17.0 Å². The lowest BCUT2D eigenvalue weighted by Crippen LogP contribution is -2.10. The molecule has 0 unspecified atom stereocenters. The van der Waals surface area contributed by atoms with E-state index in [1.807, 2.05) is 32.9 Å². The van der Waals surface area contributed by atoms with Crippen molar-refractivity contribution < 1.29 is 18.5 Å². The molecule has 0 amide bonds. The van der Waals surface area contributed by atoms with E-state index >= 15 is 0 Å². The van der Waals surface area contributed by atoms with Crippen molar-refractivity contribution in [3.05, 3.63) is 62.3 Å². The minimum atomic E-state index is -0.513. The first kappa shape index (κ1) is 17.0. The van der Waals surface area contributed by atoms with Crippen molar-refractivity contribution >= 4 is 16.9 Å². The number of ether oxygens (including phenoxy) is 1. The third-order valence-electron chi connectivity index (χ3n) is 4.35. The summed E-state index contributed by atoms with van der Waals surface area (Å²) < 4.78 is 15.8. The van der Waals surface area contributed by atoms with Crippen LogP contribution >= 0.6 is 0 Å². The van der Waals surface area contributed by atoms with Gasteiger partial charge >= 0.3 is 11.6 Å². The van der Waals surface area contributed by atoms with Gasteiger partial charge < -0.3 is 13.7 Å². The molecule has 0 aliphatic carbocycles. The van der Waals surface area contributed by atoms with Crippen molar-refractivity contribution in [2.45, 2.75) is 40.7 Å². The van der Waals surface area contributed by atoms with E-state index in [9.17, 15) is 9.59 Å². The highest BCUT2D eigenvalue weighted by Crippen LogP contribution is 2.24. The Morgan fingerprint density at radius 2 is 2.00 bits per heavy atom. The monoisotopic (exact) mass is 341 g/mol. The number of aromatic nitrogens is 1. The predicted octanol–water partition coefficient (Wildman–Crippen LogP) is 3.63. The van der Waals surface area contributed by atoms with Crippen molar-refractivity contribution in [2.24, 2.45) is 0 Å². The van der Waals surface area contributed by atoms with E-state index in [0.717, 1.165) is 16.5 Å². The molecule has 0 spiro atoms. The summed E-state index contributed by atoms with van der Waals surface area (Å²) in [7, 11) is 0. The molecule has 1 aromatic carbocycles. The van der Waals surface area contributed by atoms with Crippen molar-refractivity contribution in [1.29, 1.82) is 0 Å². The Hall–Kier alpha value is -2.89. The summed E-state index contributed by atoms with van der Waals surface area (Å²) in [5, 5.41) is 4.61. The minimum absolute atomic E-state index is 0.0305. The van der Waals surface area contributed by atoms with Crippen LogP contribution < -0.4 is 5.63 Å². The second-order valence-corrected chi connectivity index (χ2v) is 5.96. The molecule has 0 radical (unpaired) electrons. The van der Waals surface area contributed by atoms with Gasteiger partial charge in [-0.3, -0.25) is 0 Å². The smallest absolute Gasteiger partial charge is 0.344 e. The van der Waals surface area contributed by atoms with Crippen molar-refractivity contribution in [1.82, 2.24) is 5.16 Å². The van der Waals surface area contributed by atoms with Crippen molar-refractivity contribution in [3.63, 3.8) is 0 Å². The molecule has 25 heavy (non-hydrogen) atoms. The summed E-state index contributed by atoms with van der Waals surface area (Å²) in [6, 6.07) is 5.17. The van der Waals surface area contributed by atoms with Gasteiger partial charge in [-0.15, -0.1) is 0 Å². The van der Waals surface area contributed by atoms with E-state index in [1.54, 1.807) is 6.92 Å². The van der Waals surface area contributed by atoms with Gasteiger partial charge in [0.25, 0.3) is 0 Å². The third-order valence-corrected chi connectivity index (χ3v) is 4.35. The van der Waals surface area contributed by atoms with E-state index in [1.165, 1.54) is 6.07 Å². The second-order valence-electron chi connectivity index (χ2n) is 5.96. The van der Waals surface area contributed by atoms with Gasteiger partial charge in [0.2, 0.25) is 0 Å². The first-order valence-electron chi connectivity index (χ1n) is 8.07. The van der Waals surface area contributed by atoms with Gasteiger partial charge in [-0.05, 0) is 38.3 Å². The van der Waals surface area contributed by atoms with Gasteiger partial charge in [-0.1, -0.05) is 24.2 Å². The van der Waals surface area contributed by atoms with Gasteiger partial charge in [-0.2, -0.15) is 0 Å². The molecule has 0 aliphatic rings. The quantitative estimate of drug-likeness (QED) is 0.532. The first-order valence-corrected chi connectivity index (χ1v) is 8.07. The average Bonchev–Trinajstić information content (AvgIpc) is 2.97. The number of hydrogen-bond donors (Lipinski definition) is 0. The summed E-state index contributed by atoms with van der Waals surface area (Å²) in [6.45, 7) is 7.36. The lowest BCUT2D eigenvalue weighted by Gasteiger charge is -2.09. The molecule has 130 valence electrons. The van der Waals surface area contributed by atoms with E-state index < -0.39 is 11.6 Å². The molecule has 0 N–H and O–H groups in total. The van der Waals surface area contributed by atoms with Crippen molar-refractivity contribution in [3.8, 4) is 0 Å². The van der Waals surface area contributed by atoms with Crippen LogP contribution in [-0.2, 0) is 17.8 Å². The Kier molecular flexibility index (Phi) is 4.44. The Labute approximate surface area is 144 Å². The van der Waals surface area contributed by atoms with Crippen molar-refractivity contribution in [2.75, 3.05) is 0 Å². The molecule has 6 heteroatoms. The van der Waals surface area contributed by atoms with E-state index in [4.69, 9.17) is 13.7 Å². The molecule has 0 fully saturated rings. The van der Waals surface area contributed by atoms with E-state index in [0.29, 0.717) is 34.6 Å². The first-order chi connectivity index (χ1) is 11.9. The van der Waals surface area contributed by atoms with Gasteiger partial charge in [0.1, 0.15) is 23.5 Å². The summed E-state index contributed by atoms with van der Waals surface area (Å²) in [5.74, 6) is -0.0911. The summed E-state index contributed by atoms with van der Waals surface area (Å²) >= 11 is 0. The number of aryl methyl sites for hydroxylation is 4. The maximum atomic E-state index is 12.4. The third kappa shape index (κ3) is 3.07. The molecule has 3 rings (SSSR count). The zero-order chi connectivity index (χ0) is 18.1. The zero-order valence-corrected chi connectivity index (χ0v) is 14.6. The van der Waals surface area contributed by atoms with Crippen LogP contribution in [0, 0.1) is 20.8 Å². The lowest BCUT2D eigenvalue weighted by molar-refractivity contribution is 0.0470. The van der Waals surface area contributed by atoms with Gasteiger partial charge in [-0.25, -0.2) is 9.59 Å². The van der Waals surface area contributed by atoms with E-state index in [-0.39, 0.29) is 6.61 Å². The van der Waals surface area contributed by atoms with Gasteiger partial charge in [0.05, 0.1) is 5.69 Å². The summed E-state index contributed by atoms with van der Waals surface area (Å²) in [4.78, 5) is 24.3. The zero-order valence-electron chi connectivity index (χ0n) is 14.6. The Bertz CT molecular complexity index is 1010. The standard InChI is InChI=1S/C19H19NO5/c1-5-15-17(12(4)25-20-15)19(22)23-9-13-8-16(21)24-18-11(3)10(2)6-7-14(13)18/h6-8H,5,9H2,1-4H3. The molecule has 3 aromatic rings. The number of fused-ring (bicyclic) bond motifs is 1. The summed E-state index contributed by atoms with van der Waals surface area (Å²) in [6.07, 6.45) is 0.568. The summed E-state index contributed by atoms with van der Waals surface area (Å²) in [5.41, 5.74) is 3.49. The average molecular weight is 341 g/mol. The van der Waals surface area contributed by atoms with Crippen LogP contribution in [0.5, 0.6) is 0 Å². The lowest BCUT2D eigenvalue weighted by atomic mass is 10.0. The fraction of sp³-hybridized carbons (Fsp3) is 0.316. The van der Waals surface area contributed by atoms with Gasteiger partial charge in [0.15, 0.2) is 0 Å². The van der Waals surface area contributed by atoms with Crippen LogP contribution in [0.3, 0.4) is 0 Å². The highest BCUT2D eigenvalue weighted by Gasteiger charge is 2.21. The van der Waals surface area contributed by atoms with Crippen LogP contribution in [0.1, 0.15) is 45.4 Å². The molecule has 0 bridgehead atoms. The largest absolute Gasteiger partial charge is 0.457 e. The second kappa shape index (κ2) is 6.55. The normalized spacial score (nSPS) is 11.0. The van der Waals surface area contributed by atoms with Crippen LogP contribution in [0.25, 0.3) is 11.0 Å². The van der Waals surface area contributed by atoms with Crippen LogP contribution in [0.15, 0.2) is 31.9 Å². The number of esters is 1. The maximum Gasteiger partial charge on any atom is 0.344 e. The minimum Gasteiger partial charge on any atom is -0.457 e. The highest BCUT2D eigenvalue weighted by atomic mass is 16.5. The maximum absolute atomic E-state index is 12.4. The predicted molar refractivity (Wildman–Crippen MR) is 91.7 cm³/mol. The number of carbonyl (C=O) groups is 1. The molecular weight excluding hydrogens is 322 g/mol. The molecule has 0 atom stereocenters. The number of carbonyl (C=O) groups excluding carboxylic acids is 1.